The summed E-state index contributed by atoms with van der Waals surface area (Å²) < 4.78 is 10.1. The first-order valence-corrected chi connectivity index (χ1v) is 10.5. The van der Waals surface area contributed by atoms with E-state index in [1.807, 2.05) is 78.9 Å². The van der Waals surface area contributed by atoms with Crippen molar-refractivity contribution < 1.29 is 19.1 Å². The fourth-order valence-corrected chi connectivity index (χ4v) is 5.68. The van der Waals surface area contributed by atoms with E-state index < -0.39 is 22.4 Å². The zero-order valence-corrected chi connectivity index (χ0v) is 17.3. The van der Waals surface area contributed by atoms with Crippen LogP contribution in [-0.2, 0) is 19.1 Å². The number of carbonyl (C=O) groups excluding carboxylic acids is 2. The first-order valence-electron chi connectivity index (χ1n) is 9.26. The SMILES string of the molecule is COC(=O)C1=Nc2ccccc2-c2ccccc2/S(c2ccccc2)=C\1C(=O)OC. The molecule has 0 bridgehead atoms. The lowest BCUT2D eigenvalue weighted by atomic mass is 10.0. The van der Waals surface area contributed by atoms with E-state index >= 15 is 0 Å². The van der Waals surface area contributed by atoms with E-state index in [4.69, 9.17) is 9.47 Å². The quantitative estimate of drug-likeness (QED) is 0.460. The minimum absolute atomic E-state index is 0.0431. The van der Waals surface area contributed by atoms with Crippen LogP contribution in [0, 0.1) is 0 Å². The molecule has 3 aromatic rings. The first-order chi connectivity index (χ1) is 14.7. The maximum absolute atomic E-state index is 13.0. The van der Waals surface area contributed by atoms with Crippen molar-refractivity contribution in [3.05, 3.63) is 78.9 Å². The van der Waals surface area contributed by atoms with Gasteiger partial charge in [0.05, 0.1) is 19.9 Å². The molecule has 0 saturated heterocycles. The lowest BCUT2D eigenvalue weighted by Crippen LogP contribution is -2.33. The van der Waals surface area contributed by atoms with Gasteiger partial charge in [-0.3, -0.25) is 0 Å². The number of carbonyl (C=O) groups is 2. The molecule has 1 aliphatic heterocycles. The van der Waals surface area contributed by atoms with Gasteiger partial charge in [-0.25, -0.2) is 14.6 Å². The van der Waals surface area contributed by atoms with Gasteiger partial charge in [-0.2, -0.15) is 0 Å². The van der Waals surface area contributed by atoms with Gasteiger partial charge in [0.1, 0.15) is 4.86 Å². The number of nitrogens with zero attached hydrogens (tertiary/aromatic N) is 1. The van der Waals surface area contributed by atoms with Gasteiger partial charge in [0.2, 0.25) is 0 Å². The molecule has 0 fully saturated rings. The third-order valence-electron chi connectivity index (χ3n) is 4.68. The standard InChI is InChI=1S/C24H19NO4S/c1-28-23(26)21-22(24(27)29-2)30(16-10-4-3-5-11-16)20-15-9-7-13-18(20)17-12-6-8-14-19(17)25-21/h3-15H,1-2H3. The predicted molar refractivity (Wildman–Crippen MR) is 119 cm³/mol. The topological polar surface area (TPSA) is 65.0 Å². The van der Waals surface area contributed by atoms with Crippen LogP contribution in [0.5, 0.6) is 0 Å². The van der Waals surface area contributed by atoms with E-state index in [1.54, 1.807) is 0 Å². The predicted octanol–water partition coefficient (Wildman–Crippen LogP) is 4.65. The summed E-state index contributed by atoms with van der Waals surface area (Å²) in [5.74, 6) is -1.29. The molecule has 6 heteroatoms. The highest BCUT2D eigenvalue weighted by Crippen LogP contribution is 2.46. The Morgan fingerprint density at radius 2 is 1.33 bits per heavy atom. The molecule has 4 rings (SSSR count). The number of hydrogen-bond donors (Lipinski definition) is 0. The highest BCUT2D eigenvalue weighted by molar-refractivity contribution is 8.18. The van der Waals surface area contributed by atoms with Crippen LogP contribution in [0.1, 0.15) is 0 Å². The second-order valence-electron chi connectivity index (χ2n) is 6.41. The van der Waals surface area contributed by atoms with Crippen molar-refractivity contribution in [3.63, 3.8) is 0 Å². The Labute approximate surface area is 176 Å². The summed E-state index contributed by atoms with van der Waals surface area (Å²) in [6.45, 7) is 0. The van der Waals surface area contributed by atoms with E-state index in [1.165, 1.54) is 14.2 Å². The van der Waals surface area contributed by atoms with E-state index in [9.17, 15) is 9.59 Å². The Morgan fingerprint density at radius 3 is 2.03 bits per heavy atom. The molecule has 1 heterocycles. The lowest BCUT2D eigenvalue weighted by molar-refractivity contribution is -0.134. The molecule has 1 aliphatic rings. The van der Waals surface area contributed by atoms with Gasteiger partial charge < -0.3 is 9.47 Å². The molecule has 0 saturated carbocycles. The fraction of sp³-hybridized carbons (Fsp3) is 0.0833. The average Bonchev–Trinajstić information content (AvgIpc) is 2.80. The summed E-state index contributed by atoms with van der Waals surface area (Å²) in [6.07, 6.45) is 0. The van der Waals surface area contributed by atoms with Crippen molar-refractivity contribution >= 4 is 38.7 Å². The molecular weight excluding hydrogens is 398 g/mol. The maximum Gasteiger partial charge on any atom is 0.358 e. The van der Waals surface area contributed by atoms with Crippen molar-refractivity contribution in [2.45, 2.75) is 9.79 Å². The van der Waals surface area contributed by atoms with Crippen LogP contribution in [0.3, 0.4) is 0 Å². The number of esters is 2. The zero-order chi connectivity index (χ0) is 21.1. The molecule has 1 atom stereocenters. The van der Waals surface area contributed by atoms with Crippen LogP contribution in [0.25, 0.3) is 11.1 Å². The third kappa shape index (κ3) is 3.46. The smallest absolute Gasteiger partial charge is 0.358 e. The normalized spacial score (nSPS) is 16.3. The molecule has 0 N–H and O–H groups in total. The summed E-state index contributed by atoms with van der Waals surface area (Å²) in [6, 6.07) is 25.0. The van der Waals surface area contributed by atoms with Gasteiger partial charge in [0, 0.05) is 15.4 Å². The Bertz CT molecular complexity index is 1200. The molecule has 0 aromatic heterocycles. The summed E-state index contributed by atoms with van der Waals surface area (Å²) in [5.41, 5.74) is 2.38. The van der Waals surface area contributed by atoms with Gasteiger partial charge in [-0.05, 0) is 29.8 Å². The fourth-order valence-electron chi connectivity index (χ4n) is 3.35. The maximum atomic E-state index is 13.0. The number of rotatable bonds is 3. The van der Waals surface area contributed by atoms with Crippen LogP contribution in [0.15, 0.2) is 93.6 Å². The van der Waals surface area contributed by atoms with E-state index in [0.717, 1.165) is 20.9 Å². The Kier molecular flexibility index (Phi) is 5.59. The highest BCUT2D eigenvalue weighted by atomic mass is 32.2. The molecule has 30 heavy (non-hydrogen) atoms. The second kappa shape index (κ2) is 8.47. The minimum Gasteiger partial charge on any atom is -0.465 e. The molecule has 1 unspecified atom stereocenters. The number of benzene rings is 3. The lowest BCUT2D eigenvalue weighted by Gasteiger charge is -2.22. The summed E-state index contributed by atoms with van der Waals surface area (Å²) >= 11 is 0. The molecule has 0 amide bonds. The van der Waals surface area contributed by atoms with Gasteiger partial charge in [0.25, 0.3) is 0 Å². The highest BCUT2D eigenvalue weighted by Gasteiger charge is 2.32. The molecule has 0 aliphatic carbocycles. The van der Waals surface area contributed by atoms with E-state index in [2.05, 4.69) is 4.99 Å². The summed E-state index contributed by atoms with van der Waals surface area (Å²) in [5, 5.41) is 0. The number of fused-ring (bicyclic) bond motifs is 3. The molecular formula is C24H19NO4S. The second-order valence-corrected chi connectivity index (χ2v) is 8.34. The van der Waals surface area contributed by atoms with Crippen molar-refractivity contribution in [2.24, 2.45) is 4.99 Å². The van der Waals surface area contributed by atoms with Gasteiger partial charge in [-0.1, -0.05) is 54.6 Å². The number of ether oxygens (including phenoxy) is 2. The van der Waals surface area contributed by atoms with Crippen molar-refractivity contribution in [3.8, 4) is 11.1 Å². The Morgan fingerprint density at radius 1 is 0.733 bits per heavy atom. The van der Waals surface area contributed by atoms with Crippen molar-refractivity contribution in [1.29, 1.82) is 0 Å². The van der Waals surface area contributed by atoms with Crippen LogP contribution in [-0.4, -0.2) is 36.7 Å². The number of aliphatic imine (C=N–C) groups is 1. The number of hydrogen-bond acceptors (Lipinski definition) is 5. The number of para-hydroxylation sites is 1. The van der Waals surface area contributed by atoms with Crippen LogP contribution in [0.4, 0.5) is 5.69 Å². The minimum atomic E-state index is -0.928. The molecule has 0 radical (unpaired) electrons. The molecule has 0 spiro atoms. The zero-order valence-electron chi connectivity index (χ0n) is 16.5. The van der Waals surface area contributed by atoms with Gasteiger partial charge in [-0.15, -0.1) is 10.5 Å². The average molecular weight is 417 g/mol. The van der Waals surface area contributed by atoms with E-state index in [0.29, 0.717) is 5.69 Å². The van der Waals surface area contributed by atoms with Gasteiger partial charge >= 0.3 is 11.9 Å². The molecule has 150 valence electrons. The van der Waals surface area contributed by atoms with Gasteiger partial charge in [0.15, 0.2) is 5.71 Å². The monoisotopic (exact) mass is 417 g/mol. The van der Waals surface area contributed by atoms with Crippen molar-refractivity contribution in [2.75, 3.05) is 14.2 Å². The van der Waals surface area contributed by atoms with Crippen LogP contribution >= 0.6 is 10.5 Å². The largest absolute Gasteiger partial charge is 0.465 e. The van der Waals surface area contributed by atoms with Crippen molar-refractivity contribution in [1.82, 2.24) is 0 Å². The van der Waals surface area contributed by atoms with Crippen LogP contribution in [0.2, 0.25) is 0 Å². The third-order valence-corrected chi connectivity index (χ3v) is 6.99. The Hall–Kier alpha value is -3.51. The molecule has 5 nitrogen and oxygen atoms in total. The van der Waals surface area contributed by atoms with Crippen LogP contribution < -0.4 is 0 Å². The van der Waals surface area contributed by atoms with E-state index in [-0.39, 0.29) is 10.6 Å². The molecule has 3 aromatic carbocycles. The summed E-state index contributed by atoms with van der Waals surface area (Å²) in [4.78, 5) is 32.4. The summed E-state index contributed by atoms with van der Waals surface area (Å²) in [7, 11) is 1.65. The Balaban J connectivity index is 2.21. The first kappa shape index (κ1) is 19.8. The number of methoxy groups -OCH3 is 2.